The molecule has 0 bridgehead atoms. The Kier molecular flexibility index (Phi) is 2.18. The summed E-state index contributed by atoms with van der Waals surface area (Å²) in [6, 6.07) is 0. The Labute approximate surface area is 69.3 Å². The first-order valence-electron chi connectivity index (χ1n) is 2.29. The molecule has 1 amide bonds. The lowest BCUT2D eigenvalue weighted by atomic mass is 10.3. The van der Waals surface area contributed by atoms with Crippen molar-refractivity contribution in [1.82, 2.24) is 0 Å². The van der Waals surface area contributed by atoms with Gasteiger partial charge in [0, 0.05) is 10.7 Å². The summed E-state index contributed by atoms with van der Waals surface area (Å²) >= 11 is 6.31. The van der Waals surface area contributed by atoms with Crippen LogP contribution < -0.4 is 0 Å². The predicted molar refractivity (Wildman–Crippen MR) is 43.2 cm³/mol. The number of halogens is 2. The minimum atomic E-state index is -0.253. The van der Waals surface area contributed by atoms with Gasteiger partial charge in [0.25, 0.3) is 5.91 Å². The quantitative estimate of drug-likeness (QED) is 0.603. The molecule has 0 N–H and O–H groups in total. The van der Waals surface area contributed by atoms with Gasteiger partial charge in [-0.3, -0.25) is 4.79 Å². The van der Waals surface area contributed by atoms with Crippen molar-refractivity contribution in [2.45, 2.75) is 4.83 Å². The number of dihydropyridines is 1. The Morgan fingerprint density at radius 1 is 1.67 bits per heavy atom. The number of nitrogens with zero attached hydrogens (tertiary/aromatic N) is 1. The highest BCUT2D eigenvalue weighted by Crippen LogP contribution is 2.14. The minimum absolute atomic E-state index is 0.154. The van der Waals surface area contributed by atoms with E-state index in [0.29, 0.717) is 0 Å². The number of amides is 1. The Morgan fingerprint density at radius 3 is 2.78 bits per heavy atom. The van der Waals surface area contributed by atoms with Gasteiger partial charge in [0.15, 0.2) is 0 Å². The van der Waals surface area contributed by atoms with Crippen LogP contribution in [0.4, 0.5) is 0 Å². The number of hydrogen-bond donors (Lipinski definition) is 0. The van der Waals surface area contributed by atoms with Crippen LogP contribution in [-0.2, 0) is 4.79 Å². The van der Waals surface area contributed by atoms with Gasteiger partial charge < -0.3 is 0 Å². The van der Waals surface area contributed by atoms with E-state index in [1.165, 1.54) is 6.21 Å². The minimum Gasteiger partial charge on any atom is -0.271 e. The summed E-state index contributed by atoms with van der Waals surface area (Å²) in [4.78, 5) is 13.9. The van der Waals surface area contributed by atoms with Gasteiger partial charge in [-0.15, -0.1) is 0 Å². The topological polar surface area (TPSA) is 29.4 Å². The summed E-state index contributed by atoms with van der Waals surface area (Å²) in [7, 11) is 0. The molecule has 9 heavy (non-hydrogen) atoms. The summed E-state index contributed by atoms with van der Waals surface area (Å²) in [6.45, 7) is 0. The Morgan fingerprint density at radius 2 is 2.33 bits per heavy atom. The molecule has 0 aliphatic carbocycles. The average molecular weight is 253 g/mol. The zero-order valence-electron chi connectivity index (χ0n) is 4.34. The molecular weight excluding hydrogens is 250 g/mol. The van der Waals surface area contributed by atoms with Crippen LogP contribution >= 0.6 is 31.9 Å². The van der Waals surface area contributed by atoms with E-state index in [0.717, 1.165) is 4.48 Å². The van der Waals surface area contributed by atoms with E-state index in [1.807, 2.05) is 0 Å². The fourth-order valence-corrected chi connectivity index (χ4v) is 1.58. The molecule has 48 valence electrons. The number of hydrogen-bond acceptors (Lipinski definition) is 1. The number of carbonyl (C=O) groups excluding carboxylic acids is 1. The van der Waals surface area contributed by atoms with Crippen LogP contribution in [-0.4, -0.2) is 16.9 Å². The van der Waals surface area contributed by atoms with Crippen LogP contribution in [0.3, 0.4) is 0 Å². The van der Waals surface area contributed by atoms with E-state index < -0.39 is 0 Å². The lowest BCUT2D eigenvalue weighted by Gasteiger charge is -2.02. The molecular formula is C5H3Br2NO. The summed E-state index contributed by atoms with van der Waals surface area (Å²) in [5.74, 6) is -0.154. The van der Waals surface area contributed by atoms with E-state index in [4.69, 9.17) is 0 Å². The maximum Gasteiger partial charge on any atom is 0.263 e. The van der Waals surface area contributed by atoms with Gasteiger partial charge in [0.05, 0.1) is 0 Å². The number of aliphatic imine (C=N–C) groups is 1. The summed E-state index contributed by atoms with van der Waals surface area (Å²) < 4.78 is 0.837. The van der Waals surface area contributed by atoms with Crippen molar-refractivity contribution in [3.05, 3.63) is 10.6 Å². The largest absolute Gasteiger partial charge is 0.271 e. The molecule has 1 unspecified atom stereocenters. The first-order valence-corrected chi connectivity index (χ1v) is 4.00. The number of allylic oxidation sites excluding steroid dienone is 1. The van der Waals surface area contributed by atoms with Crippen LogP contribution in [0.2, 0.25) is 0 Å². The second-order valence-electron chi connectivity index (χ2n) is 1.55. The summed E-state index contributed by atoms with van der Waals surface area (Å²) in [5.41, 5.74) is 0. The molecule has 1 aliphatic heterocycles. The highest BCUT2D eigenvalue weighted by Gasteiger charge is 2.13. The third-order valence-electron chi connectivity index (χ3n) is 0.857. The molecule has 0 aromatic carbocycles. The van der Waals surface area contributed by atoms with Gasteiger partial charge in [-0.2, -0.15) is 0 Å². The first-order chi connectivity index (χ1) is 4.20. The molecule has 2 nitrogen and oxygen atoms in total. The molecule has 1 atom stereocenters. The van der Waals surface area contributed by atoms with Gasteiger partial charge >= 0.3 is 0 Å². The van der Waals surface area contributed by atoms with E-state index in [9.17, 15) is 4.79 Å². The molecule has 0 aromatic rings. The Bertz CT molecular complexity index is 197. The SMILES string of the molecule is O=C1N=CC(Br)=CC1Br. The summed E-state index contributed by atoms with van der Waals surface area (Å²) in [5, 5.41) is 0. The second-order valence-corrected chi connectivity index (χ2v) is 3.45. The monoisotopic (exact) mass is 251 g/mol. The predicted octanol–water partition coefficient (Wildman–Crippen LogP) is 1.64. The molecule has 0 saturated heterocycles. The standard InChI is InChI=1S/C5H3Br2NO/c6-3-1-4(7)5(9)8-2-3/h1-2,4H. The van der Waals surface area contributed by atoms with E-state index in [2.05, 4.69) is 36.9 Å². The van der Waals surface area contributed by atoms with Gasteiger partial charge in [-0.1, -0.05) is 15.9 Å². The molecule has 0 aromatic heterocycles. The van der Waals surface area contributed by atoms with Crippen molar-refractivity contribution in [3.63, 3.8) is 0 Å². The van der Waals surface area contributed by atoms with E-state index in [1.54, 1.807) is 6.08 Å². The maximum absolute atomic E-state index is 10.6. The van der Waals surface area contributed by atoms with Gasteiger partial charge in [-0.25, -0.2) is 4.99 Å². The third kappa shape index (κ3) is 1.72. The smallest absolute Gasteiger partial charge is 0.263 e. The van der Waals surface area contributed by atoms with Crippen molar-refractivity contribution in [3.8, 4) is 0 Å². The highest BCUT2D eigenvalue weighted by atomic mass is 79.9. The molecule has 1 heterocycles. The van der Waals surface area contributed by atoms with Gasteiger partial charge in [0.1, 0.15) is 4.83 Å². The van der Waals surface area contributed by atoms with E-state index >= 15 is 0 Å². The van der Waals surface area contributed by atoms with Crippen LogP contribution in [0.25, 0.3) is 0 Å². The number of alkyl halides is 1. The van der Waals surface area contributed by atoms with Crippen molar-refractivity contribution in [2.24, 2.45) is 4.99 Å². The highest BCUT2D eigenvalue weighted by molar-refractivity contribution is 9.12. The maximum atomic E-state index is 10.6. The fourth-order valence-electron chi connectivity index (χ4n) is 0.451. The van der Waals surface area contributed by atoms with Crippen molar-refractivity contribution >= 4 is 44.0 Å². The van der Waals surface area contributed by atoms with Gasteiger partial charge in [0.2, 0.25) is 0 Å². The van der Waals surface area contributed by atoms with Gasteiger partial charge in [-0.05, 0) is 22.0 Å². The second kappa shape index (κ2) is 2.75. The molecule has 1 aliphatic rings. The van der Waals surface area contributed by atoms with Crippen LogP contribution in [0.1, 0.15) is 0 Å². The molecule has 0 radical (unpaired) electrons. The summed E-state index contributed by atoms with van der Waals surface area (Å²) in [6.07, 6.45) is 3.23. The van der Waals surface area contributed by atoms with Crippen LogP contribution in [0.15, 0.2) is 15.6 Å². The zero-order chi connectivity index (χ0) is 6.85. The molecule has 1 rings (SSSR count). The molecule has 4 heteroatoms. The first kappa shape index (κ1) is 7.15. The van der Waals surface area contributed by atoms with E-state index in [-0.39, 0.29) is 10.7 Å². The van der Waals surface area contributed by atoms with Crippen molar-refractivity contribution in [2.75, 3.05) is 0 Å². The van der Waals surface area contributed by atoms with Crippen LogP contribution in [0.5, 0.6) is 0 Å². The van der Waals surface area contributed by atoms with Crippen molar-refractivity contribution < 1.29 is 4.79 Å². The normalized spacial score (nSPS) is 26.2. The zero-order valence-corrected chi connectivity index (χ0v) is 7.52. The molecule has 0 fully saturated rings. The third-order valence-corrected chi connectivity index (χ3v) is 1.98. The fraction of sp³-hybridized carbons (Fsp3) is 0.200. The molecule has 0 saturated carbocycles. The number of carbonyl (C=O) groups is 1. The lowest BCUT2D eigenvalue weighted by Crippen LogP contribution is -2.12. The Hall–Kier alpha value is 0.0400. The molecule has 0 spiro atoms. The lowest BCUT2D eigenvalue weighted by molar-refractivity contribution is -0.116. The number of rotatable bonds is 0. The Balaban J connectivity index is 2.82. The average Bonchev–Trinajstić information content (AvgIpc) is 1.80. The van der Waals surface area contributed by atoms with Crippen LogP contribution in [0, 0.1) is 0 Å². The van der Waals surface area contributed by atoms with Crippen molar-refractivity contribution in [1.29, 1.82) is 0 Å².